The molecule has 2 bridgehead atoms. The van der Waals surface area contributed by atoms with Crippen molar-refractivity contribution in [3.05, 3.63) is 0 Å². The summed E-state index contributed by atoms with van der Waals surface area (Å²) >= 11 is 0. The van der Waals surface area contributed by atoms with E-state index in [4.69, 9.17) is 14.2 Å². The highest BCUT2D eigenvalue weighted by atomic mass is 16.7. The Morgan fingerprint density at radius 2 is 2.41 bits per heavy atom. The molecule has 5 heteroatoms. The Balaban J connectivity index is 1.94. The first-order valence-electron chi connectivity index (χ1n) is 6.18. The van der Waals surface area contributed by atoms with Crippen LogP contribution in [0.3, 0.4) is 0 Å². The average molecular weight is 240 g/mol. The molecular formula is C12H16O5. The smallest absolute Gasteiger partial charge is 0.350 e. The fourth-order valence-corrected chi connectivity index (χ4v) is 3.38. The van der Waals surface area contributed by atoms with Crippen LogP contribution in [0.15, 0.2) is 0 Å². The van der Waals surface area contributed by atoms with Gasteiger partial charge < -0.3 is 14.2 Å². The summed E-state index contributed by atoms with van der Waals surface area (Å²) in [7, 11) is 0. The Morgan fingerprint density at radius 1 is 1.59 bits per heavy atom. The second kappa shape index (κ2) is 3.45. The van der Waals surface area contributed by atoms with Gasteiger partial charge in [0, 0.05) is 6.42 Å². The molecule has 0 aromatic rings. The molecule has 2 heterocycles. The van der Waals surface area contributed by atoms with Crippen molar-refractivity contribution in [1.82, 2.24) is 0 Å². The molecule has 0 radical (unpaired) electrons. The van der Waals surface area contributed by atoms with Gasteiger partial charge in [-0.15, -0.1) is 0 Å². The van der Waals surface area contributed by atoms with E-state index in [0.717, 1.165) is 19.3 Å². The third kappa shape index (κ3) is 1.29. The van der Waals surface area contributed by atoms with Crippen molar-refractivity contribution >= 4 is 11.9 Å². The van der Waals surface area contributed by atoms with Crippen LogP contribution in [0.4, 0.5) is 0 Å². The number of carbonyl (C=O) groups is 2. The number of hydrogen-bond donors (Lipinski definition) is 0. The molecule has 17 heavy (non-hydrogen) atoms. The molecule has 3 rings (SSSR count). The highest BCUT2D eigenvalue weighted by Gasteiger charge is 2.69. The fraction of sp³-hybridized carbons (Fsp3) is 0.833. The molecule has 2 aliphatic heterocycles. The van der Waals surface area contributed by atoms with Crippen LogP contribution in [-0.2, 0) is 23.8 Å². The van der Waals surface area contributed by atoms with E-state index in [1.807, 2.05) is 0 Å². The van der Waals surface area contributed by atoms with E-state index in [-0.39, 0.29) is 19.1 Å². The number of fused-ring (bicyclic) bond motifs is 1. The number of rotatable bonds is 2. The molecule has 1 aliphatic carbocycles. The molecule has 94 valence electrons. The van der Waals surface area contributed by atoms with E-state index < -0.39 is 23.1 Å². The summed E-state index contributed by atoms with van der Waals surface area (Å²) in [5.41, 5.74) is -1.89. The fourth-order valence-electron chi connectivity index (χ4n) is 3.38. The summed E-state index contributed by atoms with van der Waals surface area (Å²) in [6.45, 7) is 2.25. The van der Waals surface area contributed by atoms with Gasteiger partial charge in [0.1, 0.15) is 12.2 Å². The Kier molecular flexibility index (Phi) is 2.23. The summed E-state index contributed by atoms with van der Waals surface area (Å²) in [6, 6.07) is 0. The van der Waals surface area contributed by atoms with Gasteiger partial charge in [0.25, 0.3) is 5.60 Å². The van der Waals surface area contributed by atoms with Crippen LogP contribution in [0, 0.1) is 5.92 Å². The monoisotopic (exact) mass is 240 g/mol. The maximum atomic E-state index is 12.0. The molecule has 0 aromatic heterocycles. The lowest BCUT2D eigenvalue weighted by molar-refractivity contribution is -0.224. The number of cyclic esters (lactones) is 1. The molecule has 1 saturated carbocycles. The zero-order valence-electron chi connectivity index (χ0n) is 9.86. The van der Waals surface area contributed by atoms with Crippen molar-refractivity contribution in [2.24, 2.45) is 5.92 Å². The topological polar surface area (TPSA) is 61.8 Å². The molecular weight excluding hydrogens is 224 g/mol. The summed E-state index contributed by atoms with van der Waals surface area (Å²) in [5.74, 6) is -0.909. The lowest BCUT2D eigenvalue weighted by atomic mass is 9.88. The molecule has 0 N–H and O–H groups in total. The minimum Gasteiger partial charge on any atom is -0.463 e. The quantitative estimate of drug-likeness (QED) is 0.528. The number of hydrogen-bond acceptors (Lipinski definition) is 5. The standard InChI is InChI=1S/C12H16O5/c1-2-15-9(13)12-6-8-4-3-5-11(8,17-12)7-16-10(12)14/h8H,2-7H2,1H3/t8-,11?,12?/m0/s1. The van der Waals surface area contributed by atoms with Crippen molar-refractivity contribution in [3.63, 3.8) is 0 Å². The Labute approximate surface area is 99.4 Å². The first kappa shape index (κ1) is 11.0. The number of carbonyl (C=O) groups excluding carboxylic acids is 2. The van der Waals surface area contributed by atoms with Crippen LogP contribution in [-0.4, -0.2) is 36.4 Å². The van der Waals surface area contributed by atoms with E-state index in [1.54, 1.807) is 6.92 Å². The van der Waals surface area contributed by atoms with Crippen molar-refractivity contribution in [1.29, 1.82) is 0 Å². The van der Waals surface area contributed by atoms with Gasteiger partial charge in [-0.1, -0.05) is 6.42 Å². The first-order valence-corrected chi connectivity index (χ1v) is 6.18. The van der Waals surface area contributed by atoms with E-state index in [0.29, 0.717) is 6.42 Å². The van der Waals surface area contributed by atoms with Gasteiger partial charge in [-0.05, 0) is 25.7 Å². The second-order valence-corrected chi connectivity index (χ2v) is 5.08. The van der Waals surface area contributed by atoms with Gasteiger partial charge in [0.15, 0.2) is 0 Å². The first-order chi connectivity index (χ1) is 8.13. The van der Waals surface area contributed by atoms with Crippen LogP contribution in [0.25, 0.3) is 0 Å². The van der Waals surface area contributed by atoms with Crippen molar-refractivity contribution < 1.29 is 23.8 Å². The van der Waals surface area contributed by atoms with E-state index >= 15 is 0 Å². The lowest BCUT2D eigenvalue weighted by Crippen LogP contribution is -2.56. The minimum atomic E-state index is -1.47. The maximum absolute atomic E-state index is 12.0. The predicted octanol–water partition coefficient (Wildman–Crippen LogP) is 0.804. The van der Waals surface area contributed by atoms with E-state index in [9.17, 15) is 9.59 Å². The Bertz CT molecular complexity index is 379. The molecule has 2 unspecified atom stereocenters. The third-order valence-corrected chi connectivity index (χ3v) is 4.19. The van der Waals surface area contributed by atoms with Gasteiger partial charge in [0.2, 0.25) is 0 Å². The SMILES string of the molecule is CCOC(=O)C12C[C@@H]3CCCC3(COC1=O)O2. The predicted molar refractivity (Wildman–Crippen MR) is 56.1 cm³/mol. The van der Waals surface area contributed by atoms with Crippen LogP contribution >= 0.6 is 0 Å². The van der Waals surface area contributed by atoms with Crippen molar-refractivity contribution in [2.75, 3.05) is 13.2 Å². The third-order valence-electron chi connectivity index (χ3n) is 4.19. The Hall–Kier alpha value is -1.10. The van der Waals surface area contributed by atoms with Crippen molar-refractivity contribution in [3.8, 4) is 0 Å². The number of ether oxygens (including phenoxy) is 3. The summed E-state index contributed by atoms with van der Waals surface area (Å²) in [5, 5.41) is 0. The van der Waals surface area contributed by atoms with Crippen LogP contribution in [0.5, 0.6) is 0 Å². The second-order valence-electron chi connectivity index (χ2n) is 5.08. The molecule has 0 amide bonds. The normalized spacial score (nSPS) is 43.1. The lowest BCUT2D eigenvalue weighted by Gasteiger charge is -2.36. The molecule has 3 atom stereocenters. The zero-order chi connectivity index (χ0) is 12.1. The van der Waals surface area contributed by atoms with Crippen LogP contribution in [0.1, 0.15) is 32.6 Å². The molecule has 1 spiro atoms. The van der Waals surface area contributed by atoms with Gasteiger partial charge in [0.05, 0.1) is 6.61 Å². The molecule has 5 nitrogen and oxygen atoms in total. The molecule has 0 aromatic carbocycles. The highest BCUT2D eigenvalue weighted by molar-refractivity contribution is 6.04. The number of esters is 2. The average Bonchev–Trinajstić information content (AvgIpc) is 2.77. The minimum absolute atomic E-state index is 0.245. The maximum Gasteiger partial charge on any atom is 0.350 e. The Morgan fingerprint density at radius 3 is 3.18 bits per heavy atom. The molecule has 2 saturated heterocycles. The van der Waals surface area contributed by atoms with Gasteiger partial charge >= 0.3 is 11.9 Å². The van der Waals surface area contributed by atoms with Crippen LogP contribution < -0.4 is 0 Å². The largest absolute Gasteiger partial charge is 0.463 e. The van der Waals surface area contributed by atoms with E-state index in [1.165, 1.54) is 0 Å². The van der Waals surface area contributed by atoms with Gasteiger partial charge in [-0.3, -0.25) is 0 Å². The van der Waals surface area contributed by atoms with Crippen LogP contribution in [0.2, 0.25) is 0 Å². The summed E-state index contributed by atoms with van der Waals surface area (Å²) in [4.78, 5) is 23.8. The van der Waals surface area contributed by atoms with Gasteiger partial charge in [-0.2, -0.15) is 0 Å². The highest BCUT2D eigenvalue weighted by Crippen LogP contribution is 2.55. The molecule has 3 fully saturated rings. The summed E-state index contributed by atoms with van der Waals surface area (Å²) in [6.07, 6.45) is 3.36. The zero-order valence-corrected chi connectivity index (χ0v) is 9.86. The van der Waals surface area contributed by atoms with Gasteiger partial charge in [-0.25, -0.2) is 9.59 Å². The summed E-state index contributed by atoms with van der Waals surface area (Å²) < 4.78 is 16.0. The van der Waals surface area contributed by atoms with E-state index in [2.05, 4.69) is 0 Å². The van der Waals surface area contributed by atoms with Crippen molar-refractivity contribution in [2.45, 2.75) is 43.8 Å². The molecule has 3 aliphatic rings.